The Labute approximate surface area is 394 Å². The third-order valence-corrected chi connectivity index (χ3v) is 12.4. The van der Waals surface area contributed by atoms with Gasteiger partial charge < -0.3 is 81.1 Å². The van der Waals surface area contributed by atoms with Gasteiger partial charge in [0.2, 0.25) is 5.91 Å². The molecule has 18 nitrogen and oxygen atoms in total. The Morgan fingerprint density at radius 1 is 0.701 bits per heavy atom. The molecule has 2 fully saturated rings. The van der Waals surface area contributed by atoms with Crippen molar-refractivity contribution in [2.45, 2.75) is 183 Å². The first-order chi connectivity index (χ1) is 31.7. The summed E-state index contributed by atoms with van der Waals surface area (Å²) < 4.78 is 23.6. The lowest BCUT2D eigenvalue weighted by Crippen LogP contribution is -2.62. The molecule has 3 rings (SSSR count). The molecule has 1 amide bonds. The van der Waals surface area contributed by atoms with Crippen molar-refractivity contribution in [2.75, 3.05) is 6.54 Å². The van der Waals surface area contributed by atoms with Gasteiger partial charge in [-0.15, -0.1) is 0 Å². The van der Waals surface area contributed by atoms with E-state index in [0.29, 0.717) is 0 Å². The Hall–Kier alpha value is -3.44. The molecule has 18 heteroatoms. The van der Waals surface area contributed by atoms with Crippen LogP contribution in [-0.2, 0) is 28.5 Å². The first-order valence-corrected chi connectivity index (χ1v) is 23.4. The number of hydrogen-bond donors (Lipinski definition) is 12. The fourth-order valence-corrected chi connectivity index (χ4v) is 8.28. The second kappa shape index (κ2) is 28.9. The van der Waals surface area contributed by atoms with E-state index in [1.165, 1.54) is 0 Å². The van der Waals surface area contributed by atoms with Crippen LogP contribution in [0.15, 0.2) is 85.1 Å². The monoisotopic (exact) mass is 951 g/mol. The minimum absolute atomic E-state index is 0.0886. The van der Waals surface area contributed by atoms with Crippen LogP contribution in [-0.4, -0.2) is 167 Å². The molecular formula is C49H78N2O16. The molecule has 0 aromatic heterocycles. The van der Waals surface area contributed by atoms with Crippen molar-refractivity contribution in [3.63, 3.8) is 0 Å². The molecule has 13 N–H and O–H groups in total. The number of amides is 1. The predicted molar refractivity (Wildman–Crippen MR) is 248 cm³/mol. The summed E-state index contributed by atoms with van der Waals surface area (Å²) in [5.74, 6) is -5.50. The number of ether oxygens (including phenoxy) is 4. The Morgan fingerprint density at radius 3 is 1.88 bits per heavy atom. The van der Waals surface area contributed by atoms with Gasteiger partial charge in [0.25, 0.3) is 0 Å². The quantitative estimate of drug-likeness (QED) is 0.173. The van der Waals surface area contributed by atoms with Crippen LogP contribution in [0.1, 0.15) is 86.0 Å². The highest BCUT2D eigenvalue weighted by Gasteiger charge is 2.50. The molecule has 0 unspecified atom stereocenters. The Kier molecular flexibility index (Phi) is 25.0. The van der Waals surface area contributed by atoms with Crippen molar-refractivity contribution in [1.29, 1.82) is 0 Å². The number of carbonyl (C=O) groups excluding carboxylic acids is 2. The van der Waals surface area contributed by atoms with Crippen LogP contribution >= 0.6 is 0 Å². The maximum atomic E-state index is 13.4. The van der Waals surface area contributed by atoms with Crippen LogP contribution in [0.25, 0.3) is 0 Å². The highest BCUT2D eigenvalue weighted by molar-refractivity contribution is 5.80. The van der Waals surface area contributed by atoms with Gasteiger partial charge in [0.15, 0.2) is 12.1 Å². The standard InChI is InChI=1S/C49H78N2O16/c1-6-51-47(62)42-39(57)28-49(63)27-35(54)24-38(56)37(55)22-21-33(52)23-34(53)25-41(58)64-31(4)30(3)44(59)29(2)19-17-15-13-11-9-7-8-10-12-14-16-18-20-36(26-40(42)67-49)66-48-46(61)43(50)45(60)32(5)65-48/h7-20,29-40,42-46,48,52-57,59-61,63H,6,21-28,50H2,1-5H3,(H,51,62)/b8-7+,11-9+,12-10+,15-13+,16-14+,19-17+,20-18+/t29-,30-,31-,32+,33+,34+,35-,36-,37+,38+,39-,40-,42+,43-,44+,45+,46+,48-,49+/m0/s1. The predicted octanol–water partition coefficient (Wildman–Crippen LogP) is 0.763. The number of aliphatic hydroxyl groups is 10. The summed E-state index contributed by atoms with van der Waals surface area (Å²) in [5, 5.41) is 112. The number of esters is 1. The third kappa shape index (κ3) is 19.5. The van der Waals surface area contributed by atoms with E-state index >= 15 is 0 Å². The summed E-state index contributed by atoms with van der Waals surface area (Å²) in [4.78, 5) is 26.0. The van der Waals surface area contributed by atoms with Crippen LogP contribution in [0.2, 0.25) is 0 Å². The number of hydrogen-bond acceptors (Lipinski definition) is 17. The van der Waals surface area contributed by atoms with Gasteiger partial charge in [-0.1, -0.05) is 98.9 Å². The number of allylic oxidation sites excluding steroid dienone is 12. The van der Waals surface area contributed by atoms with Gasteiger partial charge >= 0.3 is 5.97 Å². The maximum Gasteiger partial charge on any atom is 0.308 e. The van der Waals surface area contributed by atoms with Gasteiger partial charge in [-0.05, 0) is 40.0 Å². The number of carbonyl (C=O) groups is 2. The summed E-state index contributed by atoms with van der Waals surface area (Å²) in [6.45, 7) is 8.71. The molecule has 3 aliphatic heterocycles. The van der Waals surface area contributed by atoms with Gasteiger partial charge in [0.1, 0.15) is 12.2 Å². The van der Waals surface area contributed by atoms with Gasteiger partial charge in [-0.25, -0.2) is 0 Å². The fraction of sp³-hybridized carbons (Fsp3) is 0.673. The van der Waals surface area contributed by atoms with E-state index in [1.54, 1.807) is 70.2 Å². The molecule has 0 saturated carbocycles. The molecule has 0 aromatic rings. The lowest BCUT2D eigenvalue weighted by Gasteiger charge is -2.46. The Balaban J connectivity index is 1.90. The topological polar surface area (TPSA) is 311 Å². The van der Waals surface area contributed by atoms with Crippen molar-refractivity contribution >= 4 is 11.9 Å². The van der Waals surface area contributed by atoms with Crippen LogP contribution in [0.3, 0.4) is 0 Å². The molecule has 67 heavy (non-hydrogen) atoms. The summed E-state index contributed by atoms with van der Waals surface area (Å²) in [7, 11) is 0. The average molecular weight is 951 g/mol. The normalized spacial score (nSPS) is 44.4. The number of cyclic esters (lactones) is 1. The number of nitrogens with two attached hydrogens (primary N) is 1. The van der Waals surface area contributed by atoms with E-state index in [2.05, 4.69) is 5.32 Å². The molecule has 0 radical (unpaired) electrons. The second-order valence-electron chi connectivity index (χ2n) is 18.1. The van der Waals surface area contributed by atoms with Crippen molar-refractivity contribution in [2.24, 2.45) is 23.5 Å². The van der Waals surface area contributed by atoms with Gasteiger partial charge in [0, 0.05) is 44.1 Å². The molecule has 380 valence electrons. The maximum absolute atomic E-state index is 13.4. The van der Waals surface area contributed by atoms with E-state index in [1.807, 2.05) is 49.5 Å². The minimum Gasteiger partial charge on any atom is -0.462 e. The number of rotatable bonds is 4. The molecule has 2 saturated heterocycles. The number of nitrogens with one attached hydrogen (secondary N) is 1. The molecule has 19 atom stereocenters. The van der Waals surface area contributed by atoms with Crippen molar-refractivity contribution < 1.29 is 79.6 Å². The van der Waals surface area contributed by atoms with E-state index in [4.69, 9.17) is 24.7 Å². The minimum atomic E-state index is -2.25. The molecule has 0 spiro atoms. The highest BCUT2D eigenvalue weighted by atomic mass is 16.7. The number of fused-ring (bicyclic) bond motifs is 2. The first-order valence-electron chi connectivity index (χ1n) is 23.4. The lowest BCUT2D eigenvalue weighted by molar-refractivity contribution is -0.307. The van der Waals surface area contributed by atoms with Crippen LogP contribution < -0.4 is 11.1 Å². The highest BCUT2D eigenvalue weighted by Crippen LogP contribution is 2.38. The molecular weight excluding hydrogens is 873 g/mol. The smallest absolute Gasteiger partial charge is 0.308 e. The Bertz CT molecular complexity index is 1700. The SMILES string of the molecule is CCNC(=O)[C@H]1[C@@H]2C[C@@H](O[C@@H]3O[C@H](C)[C@@H](O)[C@H](N)[C@H]3O)/C=C/C=C/C=C/C=C/C=C/C=C/C=C/[C@H](C)[C@@H](O)[C@@H](C)[C@H](C)OC(=O)C[C@H](O)C[C@H](O)CC[C@@H](O)[C@H](O)C[C@H](O)C[C@](O)(C[C@@H]1O)O2. The molecule has 3 heterocycles. The van der Waals surface area contributed by atoms with E-state index < -0.39 is 147 Å². The average Bonchev–Trinajstić information content (AvgIpc) is 3.25. The summed E-state index contributed by atoms with van der Waals surface area (Å²) in [5.41, 5.74) is 6.07. The first kappa shape index (κ1) is 57.9. The zero-order chi connectivity index (χ0) is 49.8. The zero-order valence-corrected chi connectivity index (χ0v) is 39.3. The van der Waals surface area contributed by atoms with Gasteiger partial charge in [0.05, 0.1) is 85.5 Å². The third-order valence-electron chi connectivity index (χ3n) is 12.4. The lowest BCUT2D eigenvalue weighted by atomic mass is 9.82. The molecule has 2 bridgehead atoms. The Morgan fingerprint density at radius 2 is 1.28 bits per heavy atom. The summed E-state index contributed by atoms with van der Waals surface area (Å²) in [6, 6.07) is -1.12. The van der Waals surface area contributed by atoms with Crippen LogP contribution in [0, 0.1) is 17.8 Å². The summed E-state index contributed by atoms with van der Waals surface area (Å²) in [6.07, 6.45) is 5.04. The number of aliphatic hydroxyl groups excluding tert-OH is 9. The van der Waals surface area contributed by atoms with Gasteiger partial charge in [-0.3, -0.25) is 9.59 Å². The largest absolute Gasteiger partial charge is 0.462 e. The fourth-order valence-electron chi connectivity index (χ4n) is 8.28. The van der Waals surface area contributed by atoms with Crippen molar-refractivity contribution in [3.8, 4) is 0 Å². The van der Waals surface area contributed by atoms with Crippen LogP contribution in [0.5, 0.6) is 0 Å². The van der Waals surface area contributed by atoms with E-state index in [-0.39, 0.29) is 38.1 Å². The van der Waals surface area contributed by atoms with Crippen LogP contribution in [0.4, 0.5) is 0 Å². The zero-order valence-electron chi connectivity index (χ0n) is 39.3. The van der Waals surface area contributed by atoms with Crippen molar-refractivity contribution in [1.82, 2.24) is 5.32 Å². The summed E-state index contributed by atoms with van der Waals surface area (Å²) >= 11 is 0. The van der Waals surface area contributed by atoms with E-state index in [9.17, 15) is 60.7 Å². The molecule has 0 aliphatic carbocycles. The van der Waals surface area contributed by atoms with E-state index in [0.717, 1.165) is 0 Å². The van der Waals surface area contributed by atoms with Crippen molar-refractivity contribution in [3.05, 3.63) is 85.1 Å². The second-order valence-corrected chi connectivity index (χ2v) is 18.1. The molecule has 0 aromatic carbocycles. The van der Waals surface area contributed by atoms with Gasteiger partial charge in [-0.2, -0.15) is 0 Å². The molecule has 3 aliphatic rings.